The molecule has 6 heteroatoms. The van der Waals surface area contributed by atoms with Crippen LogP contribution in [-0.4, -0.2) is 41.5 Å². The molecule has 0 atom stereocenters. The molecule has 1 aromatic rings. The second kappa shape index (κ2) is 6.91. The van der Waals surface area contributed by atoms with Gasteiger partial charge in [-0.3, -0.25) is 4.79 Å². The van der Waals surface area contributed by atoms with E-state index in [1.165, 1.54) is 0 Å². The van der Waals surface area contributed by atoms with Gasteiger partial charge in [-0.15, -0.1) is 0 Å². The minimum atomic E-state index is 0.0833. The zero-order valence-corrected chi connectivity index (χ0v) is 11.4. The summed E-state index contributed by atoms with van der Waals surface area (Å²) in [5.41, 5.74) is 7.20. The second-order valence-corrected chi connectivity index (χ2v) is 4.88. The highest BCUT2D eigenvalue weighted by molar-refractivity contribution is 5.97. The van der Waals surface area contributed by atoms with E-state index in [1.807, 2.05) is 23.1 Å². The molecule has 0 saturated carbocycles. The Morgan fingerprint density at radius 2 is 2.15 bits per heavy atom. The Kier molecular flexibility index (Phi) is 4.95. The molecule has 1 aliphatic rings. The van der Waals surface area contributed by atoms with Crippen molar-refractivity contribution in [2.24, 2.45) is 10.9 Å². The van der Waals surface area contributed by atoms with Crippen LogP contribution in [0.4, 0.5) is 0 Å². The highest BCUT2D eigenvalue weighted by atomic mass is 16.4. The van der Waals surface area contributed by atoms with Crippen LogP contribution < -0.4 is 11.1 Å². The third kappa shape index (κ3) is 3.71. The zero-order valence-electron chi connectivity index (χ0n) is 11.4. The average molecular weight is 276 g/mol. The Morgan fingerprint density at radius 3 is 2.85 bits per heavy atom. The van der Waals surface area contributed by atoms with Crippen LogP contribution in [-0.2, 0) is 11.3 Å². The molecule has 1 aliphatic heterocycles. The van der Waals surface area contributed by atoms with Crippen molar-refractivity contribution in [3.63, 3.8) is 0 Å². The maximum atomic E-state index is 11.8. The molecule has 1 aromatic carbocycles. The first-order valence-corrected chi connectivity index (χ1v) is 6.76. The summed E-state index contributed by atoms with van der Waals surface area (Å²) in [5, 5.41) is 14.7. The van der Waals surface area contributed by atoms with Crippen molar-refractivity contribution in [3.05, 3.63) is 35.4 Å². The van der Waals surface area contributed by atoms with Gasteiger partial charge in [0.15, 0.2) is 5.84 Å². The van der Waals surface area contributed by atoms with Gasteiger partial charge in [-0.05, 0) is 24.5 Å². The number of amides is 1. The van der Waals surface area contributed by atoms with E-state index in [2.05, 4.69) is 10.5 Å². The lowest BCUT2D eigenvalue weighted by molar-refractivity contribution is -0.129. The molecule has 0 bridgehead atoms. The van der Waals surface area contributed by atoms with Crippen molar-refractivity contribution in [3.8, 4) is 0 Å². The number of hydrogen-bond donors (Lipinski definition) is 3. The van der Waals surface area contributed by atoms with E-state index in [-0.39, 0.29) is 11.7 Å². The number of rotatable bonds is 5. The molecule has 1 fully saturated rings. The molecule has 0 aromatic heterocycles. The van der Waals surface area contributed by atoms with E-state index < -0.39 is 0 Å². The van der Waals surface area contributed by atoms with Gasteiger partial charge in [0.2, 0.25) is 5.91 Å². The molecule has 1 amide bonds. The summed E-state index contributed by atoms with van der Waals surface area (Å²) >= 11 is 0. The lowest BCUT2D eigenvalue weighted by Gasteiger charge is -2.15. The number of oxime groups is 1. The minimum absolute atomic E-state index is 0.0833. The number of carbonyl (C=O) groups is 1. The summed E-state index contributed by atoms with van der Waals surface area (Å²) in [6, 6.07) is 7.38. The molecule has 20 heavy (non-hydrogen) atoms. The molecule has 0 aliphatic carbocycles. The fourth-order valence-corrected chi connectivity index (χ4v) is 2.29. The summed E-state index contributed by atoms with van der Waals surface area (Å²) in [4.78, 5) is 13.7. The summed E-state index contributed by atoms with van der Waals surface area (Å²) < 4.78 is 0. The van der Waals surface area contributed by atoms with Gasteiger partial charge in [-0.25, -0.2) is 0 Å². The van der Waals surface area contributed by atoms with Gasteiger partial charge in [0, 0.05) is 25.2 Å². The van der Waals surface area contributed by atoms with Crippen LogP contribution >= 0.6 is 0 Å². The molecule has 1 heterocycles. The summed E-state index contributed by atoms with van der Waals surface area (Å²) in [6.07, 6.45) is 2.21. The first kappa shape index (κ1) is 14.3. The number of benzene rings is 1. The summed E-state index contributed by atoms with van der Waals surface area (Å²) in [6.45, 7) is 2.67. The largest absolute Gasteiger partial charge is 0.409 e. The normalized spacial score (nSPS) is 15.6. The van der Waals surface area contributed by atoms with Crippen molar-refractivity contribution < 1.29 is 10.0 Å². The Hall–Kier alpha value is -2.08. The van der Waals surface area contributed by atoms with Gasteiger partial charge in [0.25, 0.3) is 0 Å². The Labute approximate surface area is 118 Å². The lowest BCUT2D eigenvalue weighted by Crippen LogP contribution is -2.36. The van der Waals surface area contributed by atoms with E-state index in [9.17, 15) is 4.79 Å². The number of likely N-dealkylation sites (tertiary alicyclic amines) is 1. The molecule has 2 rings (SSSR count). The van der Waals surface area contributed by atoms with Crippen molar-refractivity contribution in [1.82, 2.24) is 10.2 Å². The average Bonchev–Trinajstić information content (AvgIpc) is 3.01. The maximum absolute atomic E-state index is 11.8. The fourth-order valence-electron chi connectivity index (χ4n) is 2.29. The van der Waals surface area contributed by atoms with E-state index in [0.717, 1.165) is 31.5 Å². The van der Waals surface area contributed by atoms with Gasteiger partial charge in [-0.2, -0.15) is 0 Å². The standard InChI is InChI=1S/C14H20N4O2/c15-14(17-20)12-5-3-4-11(8-12)9-16-10-13(19)18-6-1-2-7-18/h3-5,8,16,20H,1-2,6-7,9-10H2,(H2,15,17). The molecular weight excluding hydrogens is 256 g/mol. The summed E-state index contributed by atoms with van der Waals surface area (Å²) in [7, 11) is 0. The molecule has 0 radical (unpaired) electrons. The van der Waals surface area contributed by atoms with Crippen LogP contribution in [0.5, 0.6) is 0 Å². The molecule has 0 spiro atoms. The van der Waals surface area contributed by atoms with Crippen LogP contribution in [0.1, 0.15) is 24.0 Å². The van der Waals surface area contributed by atoms with Crippen molar-refractivity contribution in [1.29, 1.82) is 0 Å². The predicted molar refractivity (Wildman–Crippen MR) is 76.5 cm³/mol. The quantitative estimate of drug-likeness (QED) is 0.316. The van der Waals surface area contributed by atoms with Crippen LogP contribution in [0.15, 0.2) is 29.4 Å². The Balaban J connectivity index is 1.83. The van der Waals surface area contributed by atoms with Crippen LogP contribution in [0, 0.1) is 0 Å². The van der Waals surface area contributed by atoms with Crippen molar-refractivity contribution in [2.75, 3.05) is 19.6 Å². The van der Waals surface area contributed by atoms with Crippen LogP contribution in [0.2, 0.25) is 0 Å². The first-order chi connectivity index (χ1) is 9.70. The van der Waals surface area contributed by atoms with E-state index in [4.69, 9.17) is 10.9 Å². The SMILES string of the molecule is N/C(=N/O)c1cccc(CNCC(=O)N2CCCC2)c1. The monoisotopic (exact) mass is 276 g/mol. The van der Waals surface area contributed by atoms with Gasteiger partial charge in [0.05, 0.1) is 6.54 Å². The third-order valence-electron chi connectivity index (χ3n) is 3.39. The van der Waals surface area contributed by atoms with Crippen LogP contribution in [0.25, 0.3) is 0 Å². The molecule has 1 saturated heterocycles. The lowest BCUT2D eigenvalue weighted by atomic mass is 10.1. The number of hydrogen-bond acceptors (Lipinski definition) is 4. The molecule has 0 unspecified atom stereocenters. The zero-order chi connectivity index (χ0) is 14.4. The fraction of sp³-hybridized carbons (Fsp3) is 0.429. The predicted octanol–water partition coefficient (Wildman–Crippen LogP) is 0.493. The minimum Gasteiger partial charge on any atom is -0.409 e. The van der Waals surface area contributed by atoms with Gasteiger partial charge in [0.1, 0.15) is 0 Å². The van der Waals surface area contributed by atoms with E-state index in [1.54, 1.807) is 6.07 Å². The van der Waals surface area contributed by atoms with Gasteiger partial charge in [-0.1, -0.05) is 23.4 Å². The Bertz CT molecular complexity index is 496. The van der Waals surface area contributed by atoms with Crippen molar-refractivity contribution in [2.45, 2.75) is 19.4 Å². The molecular formula is C14H20N4O2. The number of nitrogens with one attached hydrogen (secondary N) is 1. The Morgan fingerprint density at radius 1 is 1.40 bits per heavy atom. The van der Waals surface area contributed by atoms with Gasteiger partial charge < -0.3 is 21.2 Å². The smallest absolute Gasteiger partial charge is 0.236 e. The number of carbonyl (C=O) groups excluding carboxylic acids is 1. The van der Waals surface area contributed by atoms with E-state index in [0.29, 0.717) is 18.7 Å². The highest BCUT2D eigenvalue weighted by Crippen LogP contribution is 2.07. The highest BCUT2D eigenvalue weighted by Gasteiger charge is 2.16. The second-order valence-electron chi connectivity index (χ2n) is 4.88. The topological polar surface area (TPSA) is 91.0 Å². The summed E-state index contributed by atoms with van der Waals surface area (Å²) in [5.74, 6) is 0.232. The molecule has 108 valence electrons. The van der Waals surface area contributed by atoms with E-state index >= 15 is 0 Å². The number of nitrogens with zero attached hydrogens (tertiary/aromatic N) is 2. The molecule has 6 nitrogen and oxygen atoms in total. The first-order valence-electron chi connectivity index (χ1n) is 6.76. The number of nitrogens with two attached hydrogens (primary N) is 1. The van der Waals surface area contributed by atoms with Crippen molar-refractivity contribution >= 4 is 11.7 Å². The maximum Gasteiger partial charge on any atom is 0.236 e. The third-order valence-corrected chi connectivity index (χ3v) is 3.39. The van der Waals surface area contributed by atoms with Gasteiger partial charge >= 0.3 is 0 Å². The number of amidine groups is 1. The van der Waals surface area contributed by atoms with Crippen LogP contribution in [0.3, 0.4) is 0 Å². The molecule has 4 N–H and O–H groups in total.